The van der Waals surface area contributed by atoms with E-state index in [0.29, 0.717) is 22.1 Å². The summed E-state index contributed by atoms with van der Waals surface area (Å²) in [4.78, 5) is 10.0. The van der Waals surface area contributed by atoms with Gasteiger partial charge >= 0.3 is 6.42 Å². The molecule has 5 aromatic rings. The second-order valence-corrected chi connectivity index (χ2v) is 18.0. The molecule has 0 spiro atoms. The molecule has 2 aliphatic rings. The van der Waals surface area contributed by atoms with Gasteiger partial charge in [-0.1, -0.05) is 36.1 Å². The molecule has 0 saturated heterocycles. The number of ether oxygens (including phenoxy) is 2. The number of allylic oxidation sites excluding steroid dienone is 1. The van der Waals surface area contributed by atoms with E-state index in [2.05, 4.69) is 198 Å². The number of hydrogen-bond donors (Lipinski definition) is 0. The summed E-state index contributed by atoms with van der Waals surface area (Å²) in [6.45, 7) is 1.25. The van der Waals surface area contributed by atoms with Crippen molar-refractivity contribution in [2.45, 2.75) is 0 Å². The highest BCUT2D eigenvalue weighted by atomic mass is 127. The lowest BCUT2D eigenvalue weighted by Crippen LogP contribution is -3.00. The van der Waals surface area contributed by atoms with E-state index in [1.54, 1.807) is 14.2 Å². The van der Waals surface area contributed by atoms with Crippen LogP contribution in [0.5, 0.6) is 11.5 Å². The number of fused-ring (bicyclic) bond motifs is 2. The molecule has 0 saturated carbocycles. The van der Waals surface area contributed by atoms with Crippen molar-refractivity contribution in [2.75, 3.05) is 108 Å². The van der Waals surface area contributed by atoms with Crippen LogP contribution in [-0.2, 0) is 0 Å². The number of amidine groups is 1. The van der Waals surface area contributed by atoms with Crippen molar-refractivity contribution in [3.05, 3.63) is 120 Å². The first kappa shape index (κ1) is 48.0. The molecule has 0 radical (unpaired) electrons. The zero-order chi connectivity index (χ0) is 43.0. The molecule has 0 fully saturated rings. The van der Waals surface area contributed by atoms with Gasteiger partial charge in [0.1, 0.15) is 24.6 Å². The first-order chi connectivity index (χ1) is 28.5. The lowest BCUT2D eigenvalue weighted by Gasteiger charge is -2.38. The average molecular weight is 1050 g/mol. The summed E-state index contributed by atoms with van der Waals surface area (Å²) >= 11 is 0. The minimum Gasteiger partial charge on any atom is -1.00 e. The Morgan fingerprint density at radius 1 is 0.613 bits per heavy atom. The number of rotatable bonds is 10. The maximum absolute atomic E-state index is 5.77. The first-order valence-electron chi connectivity index (χ1n) is 20.4. The van der Waals surface area contributed by atoms with Gasteiger partial charge in [0.2, 0.25) is 5.82 Å². The van der Waals surface area contributed by atoms with Crippen molar-refractivity contribution in [3.63, 3.8) is 0 Å². The lowest BCUT2D eigenvalue weighted by atomic mass is 9.45. The summed E-state index contributed by atoms with van der Waals surface area (Å²) in [6.07, 6.45) is -0.0245. The van der Waals surface area contributed by atoms with E-state index in [4.69, 9.17) is 14.5 Å². The van der Waals surface area contributed by atoms with E-state index in [1.165, 1.54) is 0 Å². The quantitative estimate of drug-likeness (QED) is 0.0921. The molecule has 0 bridgehead atoms. The number of aromatic nitrogens is 1. The normalized spacial score (nSPS) is 13.7. The van der Waals surface area contributed by atoms with Crippen molar-refractivity contribution in [1.82, 2.24) is 4.48 Å². The Hall–Kier alpha value is -5.00. The van der Waals surface area contributed by atoms with Crippen LogP contribution < -0.4 is 67.2 Å². The molecular weight excluding hydrogens is 995 g/mol. The van der Waals surface area contributed by atoms with Crippen molar-refractivity contribution in [3.8, 4) is 57.4 Å². The van der Waals surface area contributed by atoms with E-state index in [1.807, 2.05) is 24.3 Å². The van der Waals surface area contributed by atoms with Crippen molar-refractivity contribution in [2.24, 2.45) is 4.99 Å². The zero-order valence-electron chi connectivity index (χ0n) is 38.1. The molecule has 7 rings (SSSR count). The number of benzene rings is 4. The first-order valence-corrected chi connectivity index (χ1v) is 20.4. The highest BCUT2D eigenvalue weighted by Crippen LogP contribution is 2.45. The molecule has 0 atom stereocenters. The van der Waals surface area contributed by atoms with Crippen LogP contribution in [0.2, 0.25) is 0 Å². The van der Waals surface area contributed by atoms with Gasteiger partial charge in [-0.05, 0) is 107 Å². The number of nitrogens with zero attached hydrogens (tertiary/aromatic N) is 7. The number of anilines is 2. The predicted molar refractivity (Wildman–Crippen MR) is 252 cm³/mol. The summed E-state index contributed by atoms with van der Waals surface area (Å²) in [6, 6.07) is 36.2. The van der Waals surface area contributed by atoms with Gasteiger partial charge in [0.15, 0.2) is 0 Å². The Morgan fingerprint density at radius 2 is 1.05 bits per heavy atom. The van der Waals surface area contributed by atoms with Gasteiger partial charge < -0.3 is 85.2 Å². The average Bonchev–Trinajstić information content (AvgIpc) is 3.80. The fourth-order valence-corrected chi connectivity index (χ4v) is 7.65. The number of quaternary nitrogens is 2. The number of methoxy groups -OCH3 is 2. The Labute approximate surface area is 403 Å². The fraction of sp³-hybridized carbons (Fsp3) is 0.280. The molecular formula is C50H58BI2N7O2. The maximum Gasteiger partial charge on any atom is 0.434 e. The monoisotopic (exact) mass is 1050 g/mol. The Morgan fingerprint density at radius 3 is 1.48 bits per heavy atom. The Kier molecular flexibility index (Phi) is 14.9. The number of halogens is 2. The summed E-state index contributed by atoms with van der Waals surface area (Å²) in [5.74, 6) is 18.5. The summed E-state index contributed by atoms with van der Waals surface area (Å²) in [7, 11) is 24.7. The molecule has 12 heteroatoms. The lowest BCUT2D eigenvalue weighted by molar-refractivity contribution is -0.862. The largest absolute Gasteiger partial charge is 1.00 e. The summed E-state index contributed by atoms with van der Waals surface area (Å²) < 4.78 is 17.3. The molecule has 0 N–H and O–H groups in total. The van der Waals surface area contributed by atoms with Gasteiger partial charge in [-0.15, -0.1) is 0 Å². The number of hydrogen-bond acceptors (Lipinski definition) is 5. The molecule has 322 valence electrons. The predicted octanol–water partition coefficient (Wildman–Crippen LogP) is 1.41. The zero-order valence-corrected chi connectivity index (χ0v) is 42.4. The van der Waals surface area contributed by atoms with E-state index in [-0.39, 0.29) is 48.0 Å². The van der Waals surface area contributed by atoms with Crippen molar-refractivity contribution >= 4 is 40.7 Å². The topological polar surface area (TPSA) is 45.2 Å². The third kappa shape index (κ3) is 9.95. The van der Waals surface area contributed by atoms with Crippen molar-refractivity contribution in [1.29, 1.82) is 0 Å². The van der Waals surface area contributed by atoms with Gasteiger partial charge in [0, 0.05) is 56.4 Å². The molecule has 3 heterocycles. The second kappa shape index (κ2) is 19.2. The maximum atomic E-state index is 5.77. The van der Waals surface area contributed by atoms with E-state index < -0.39 is 6.42 Å². The molecule has 0 unspecified atom stereocenters. The van der Waals surface area contributed by atoms with Crippen LogP contribution in [0.1, 0.15) is 11.1 Å². The van der Waals surface area contributed by atoms with Gasteiger partial charge in [-0.2, -0.15) is 0 Å². The molecule has 9 nitrogen and oxygen atoms in total. The molecule has 1 aromatic heterocycles. The van der Waals surface area contributed by atoms with Crippen molar-refractivity contribution < 1.29 is 70.9 Å². The summed E-state index contributed by atoms with van der Waals surface area (Å²) in [5, 5.41) is 0. The molecule has 0 amide bonds. The molecule has 4 aromatic carbocycles. The third-order valence-corrected chi connectivity index (χ3v) is 10.9. The Balaban J connectivity index is 0.00000363. The highest BCUT2D eigenvalue weighted by molar-refractivity contribution is 6.89. The standard InChI is InChI=1S/C50H58BN7O2.2HI/c1-53(2)41-23-15-37(16-24-41)45-35-47(39-19-27-43(59-11)28-20-39)55-49(45)52-50-46(38-17-25-42(26-18-38)54(3)4)36-48(40-21-29-44(60-12)30-22-40)56(50)51(55,31-13-33-57(5,6)7)32-14-34-58(8,9)10;;/h15-30,35-36H,33-34H2,1-12H3;2*1H/q+2;;/p-2. The number of aliphatic imine (C=N–C) groups is 1. The van der Waals surface area contributed by atoms with E-state index in [9.17, 15) is 0 Å². The van der Waals surface area contributed by atoms with E-state index >= 15 is 0 Å². The Bertz CT molecular complexity index is 2590. The molecule has 0 aliphatic carbocycles. The van der Waals surface area contributed by atoms with Crippen LogP contribution in [-0.4, -0.2) is 134 Å². The SMILES string of the molecule is COc1ccc(C2=[N+]3C(=Nc4c(-c5ccc(N(C)C)cc5)cc(-c5ccc(OC)cc5)n4[B-]3(C#CC[N+](C)(C)C)C#CC[N+](C)(C)C)C(c3ccc(N(C)C)cc3)=C2)cc1.[I-].[I-]. The highest BCUT2D eigenvalue weighted by Gasteiger charge is 2.50. The van der Waals surface area contributed by atoms with E-state index in [0.717, 1.165) is 79.3 Å². The van der Waals surface area contributed by atoms with Gasteiger partial charge in [-0.25, -0.2) is 11.6 Å². The van der Waals surface area contributed by atoms with Crippen LogP contribution in [0.3, 0.4) is 0 Å². The van der Waals surface area contributed by atoms with Crippen LogP contribution in [0.4, 0.5) is 17.2 Å². The van der Waals surface area contributed by atoms with Crippen LogP contribution in [0.25, 0.3) is 28.0 Å². The minimum atomic E-state index is -2.30. The smallest absolute Gasteiger partial charge is 0.434 e. The van der Waals surface area contributed by atoms with Gasteiger partial charge in [-0.3, -0.25) is 0 Å². The third-order valence-electron chi connectivity index (χ3n) is 10.9. The van der Waals surface area contributed by atoms with Crippen LogP contribution in [0.15, 0.2) is 114 Å². The van der Waals surface area contributed by atoms with Crippen LogP contribution in [0, 0.1) is 23.5 Å². The van der Waals surface area contributed by atoms with Gasteiger partial charge in [0.25, 0.3) is 5.84 Å². The fourth-order valence-electron chi connectivity index (χ4n) is 7.65. The second-order valence-electron chi connectivity index (χ2n) is 18.0. The van der Waals surface area contributed by atoms with Gasteiger partial charge in [0.05, 0.1) is 67.8 Å². The molecule has 2 aliphatic heterocycles. The summed E-state index contributed by atoms with van der Waals surface area (Å²) in [5.41, 5.74) is 10.3. The van der Waals surface area contributed by atoms with Crippen LogP contribution >= 0.6 is 0 Å². The molecule has 62 heavy (non-hydrogen) atoms. The minimum absolute atomic E-state index is 0.